The maximum atomic E-state index is 13.1. The van der Waals surface area contributed by atoms with E-state index in [0.29, 0.717) is 22.5 Å². The van der Waals surface area contributed by atoms with E-state index >= 15 is 0 Å². The molecular formula is C24H20N4O4S. The molecule has 4 rings (SSSR count). The maximum absolute atomic E-state index is 13.1. The average molecular weight is 461 g/mol. The average Bonchev–Trinajstić information content (AvgIpc) is 3.53. The monoisotopic (exact) mass is 460 g/mol. The van der Waals surface area contributed by atoms with E-state index in [9.17, 15) is 14.4 Å². The maximum Gasteiger partial charge on any atom is 0.325 e. The Kier molecular flexibility index (Phi) is 6.61. The molecule has 33 heavy (non-hydrogen) atoms. The Morgan fingerprint density at radius 1 is 0.970 bits per heavy atom. The SMILES string of the molecule is COC(=O)CNC(=O)c1ccc(NC(=O)c2cn(-c3ccccc3)nc2-c2cccs2)cc1. The number of amides is 2. The van der Waals surface area contributed by atoms with Gasteiger partial charge in [-0.2, -0.15) is 5.10 Å². The summed E-state index contributed by atoms with van der Waals surface area (Å²) in [5, 5.41) is 11.9. The molecule has 8 nitrogen and oxygen atoms in total. The summed E-state index contributed by atoms with van der Waals surface area (Å²) >= 11 is 1.50. The number of para-hydroxylation sites is 1. The lowest BCUT2D eigenvalue weighted by atomic mass is 10.1. The van der Waals surface area contributed by atoms with E-state index in [-0.39, 0.29) is 12.5 Å². The molecule has 9 heteroatoms. The quantitative estimate of drug-likeness (QED) is 0.409. The molecule has 0 aliphatic heterocycles. The van der Waals surface area contributed by atoms with Crippen molar-refractivity contribution in [2.24, 2.45) is 0 Å². The summed E-state index contributed by atoms with van der Waals surface area (Å²) < 4.78 is 6.18. The number of esters is 1. The summed E-state index contributed by atoms with van der Waals surface area (Å²) in [4.78, 5) is 37.3. The van der Waals surface area contributed by atoms with E-state index in [4.69, 9.17) is 0 Å². The van der Waals surface area contributed by atoms with Crippen LogP contribution in [0.5, 0.6) is 0 Å². The minimum atomic E-state index is -0.537. The Bertz CT molecular complexity index is 1270. The van der Waals surface area contributed by atoms with Gasteiger partial charge in [-0.25, -0.2) is 4.68 Å². The van der Waals surface area contributed by atoms with Crippen molar-refractivity contribution < 1.29 is 19.1 Å². The molecule has 2 heterocycles. The number of rotatable bonds is 7. The van der Waals surface area contributed by atoms with Crippen LogP contribution in [0.2, 0.25) is 0 Å². The second kappa shape index (κ2) is 9.92. The van der Waals surface area contributed by atoms with Crippen molar-refractivity contribution in [2.75, 3.05) is 19.0 Å². The fourth-order valence-corrected chi connectivity index (χ4v) is 3.80. The lowest BCUT2D eigenvalue weighted by Gasteiger charge is -2.07. The van der Waals surface area contributed by atoms with E-state index in [1.807, 2.05) is 47.8 Å². The van der Waals surface area contributed by atoms with Crippen molar-refractivity contribution >= 4 is 34.8 Å². The fraction of sp³-hybridized carbons (Fsp3) is 0.0833. The number of anilines is 1. The first-order valence-electron chi connectivity index (χ1n) is 10.0. The highest BCUT2D eigenvalue weighted by atomic mass is 32.1. The lowest BCUT2D eigenvalue weighted by molar-refractivity contribution is -0.139. The molecule has 0 aliphatic carbocycles. The third kappa shape index (κ3) is 5.16. The zero-order valence-corrected chi connectivity index (χ0v) is 18.5. The van der Waals surface area contributed by atoms with Gasteiger partial charge in [-0.15, -0.1) is 11.3 Å². The zero-order valence-electron chi connectivity index (χ0n) is 17.6. The van der Waals surface area contributed by atoms with Crippen molar-refractivity contribution in [1.29, 1.82) is 0 Å². The molecule has 166 valence electrons. The van der Waals surface area contributed by atoms with Crippen LogP contribution >= 0.6 is 11.3 Å². The summed E-state index contributed by atoms with van der Waals surface area (Å²) in [7, 11) is 1.25. The van der Waals surface area contributed by atoms with Gasteiger partial charge in [-0.3, -0.25) is 14.4 Å². The fourth-order valence-electron chi connectivity index (χ4n) is 3.08. The molecule has 0 spiro atoms. The van der Waals surface area contributed by atoms with E-state index in [0.717, 1.165) is 10.6 Å². The highest BCUT2D eigenvalue weighted by Crippen LogP contribution is 2.28. The Balaban J connectivity index is 1.53. The third-order valence-electron chi connectivity index (χ3n) is 4.76. The number of methoxy groups -OCH3 is 1. The van der Waals surface area contributed by atoms with Crippen LogP contribution in [-0.2, 0) is 9.53 Å². The van der Waals surface area contributed by atoms with Gasteiger partial charge in [-0.1, -0.05) is 24.3 Å². The van der Waals surface area contributed by atoms with Crippen LogP contribution in [0, 0.1) is 0 Å². The molecule has 0 unspecified atom stereocenters. The van der Waals surface area contributed by atoms with E-state index in [1.165, 1.54) is 18.4 Å². The summed E-state index contributed by atoms with van der Waals surface area (Å²) in [5.74, 6) is -1.27. The Morgan fingerprint density at radius 3 is 2.39 bits per heavy atom. The lowest BCUT2D eigenvalue weighted by Crippen LogP contribution is -2.30. The Labute approximate surface area is 193 Å². The smallest absolute Gasteiger partial charge is 0.325 e. The number of nitrogens with one attached hydrogen (secondary N) is 2. The van der Waals surface area contributed by atoms with E-state index in [1.54, 1.807) is 35.1 Å². The minimum Gasteiger partial charge on any atom is -0.468 e. The second-order valence-electron chi connectivity index (χ2n) is 6.94. The van der Waals surface area contributed by atoms with Crippen LogP contribution in [0.3, 0.4) is 0 Å². The van der Waals surface area contributed by atoms with Crippen LogP contribution in [0.1, 0.15) is 20.7 Å². The predicted molar refractivity (Wildman–Crippen MR) is 126 cm³/mol. The van der Waals surface area contributed by atoms with Gasteiger partial charge >= 0.3 is 5.97 Å². The number of carbonyl (C=O) groups is 3. The number of hydrogen-bond donors (Lipinski definition) is 2. The van der Waals surface area contributed by atoms with Crippen molar-refractivity contribution in [3.8, 4) is 16.3 Å². The number of hydrogen-bond acceptors (Lipinski definition) is 6. The molecule has 0 aliphatic rings. The van der Waals surface area contributed by atoms with Crippen molar-refractivity contribution in [3.05, 3.63) is 89.4 Å². The molecule has 0 saturated heterocycles. The summed E-state index contributed by atoms with van der Waals surface area (Å²) in [5.41, 5.74) is 2.74. The van der Waals surface area contributed by atoms with Gasteiger partial charge < -0.3 is 15.4 Å². The zero-order chi connectivity index (χ0) is 23.2. The summed E-state index contributed by atoms with van der Waals surface area (Å²) in [6, 6.07) is 19.8. The molecule has 0 fully saturated rings. The molecule has 0 atom stereocenters. The molecule has 0 radical (unpaired) electrons. The van der Waals surface area contributed by atoms with E-state index in [2.05, 4.69) is 20.5 Å². The Morgan fingerprint density at radius 2 is 1.73 bits per heavy atom. The van der Waals surface area contributed by atoms with Crippen molar-refractivity contribution in [3.63, 3.8) is 0 Å². The van der Waals surface area contributed by atoms with Gasteiger partial charge in [0.2, 0.25) is 0 Å². The van der Waals surface area contributed by atoms with Gasteiger partial charge in [0.1, 0.15) is 12.2 Å². The molecule has 2 amide bonds. The van der Waals surface area contributed by atoms with Crippen LogP contribution in [-0.4, -0.2) is 41.2 Å². The van der Waals surface area contributed by atoms with E-state index < -0.39 is 11.9 Å². The van der Waals surface area contributed by atoms with Gasteiger partial charge in [0.15, 0.2) is 0 Å². The molecule has 2 aromatic heterocycles. The molecule has 2 aromatic carbocycles. The summed E-state index contributed by atoms with van der Waals surface area (Å²) in [6.45, 7) is -0.218. The highest BCUT2D eigenvalue weighted by molar-refractivity contribution is 7.13. The number of benzene rings is 2. The topological polar surface area (TPSA) is 102 Å². The molecule has 0 bridgehead atoms. The van der Waals surface area contributed by atoms with Gasteiger partial charge in [0.05, 0.1) is 23.2 Å². The van der Waals surface area contributed by atoms with Crippen molar-refractivity contribution in [2.45, 2.75) is 0 Å². The molecule has 2 N–H and O–H groups in total. The standard InChI is InChI=1S/C24H20N4O4S/c1-32-21(29)14-25-23(30)16-9-11-17(12-10-16)26-24(31)19-15-28(18-6-3-2-4-7-18)27-22(19)20-8-5-13-33-20/h2-13,15H,14H2,1H3,(H,25,30)(H,26,31). The highest BCUT2D eigenvalue weighted by Gasteiger charge is 2.20. The van der Waals surface area contributed by atoms with Crippen LogP contribution in [0.25, 0.3) is 16.3 Å². The van der Waals surface area contributed by atoms with Gasteiger partial charge in [-0.05, 0) is 47.8 Å². The second-order valence-corrected chi connectivity index (χ2v) is 7.89. The first-order chi connectivity index (χ1) is 16.0. The largest absolute Gasteiger partial charge is 0.468 e. The van der Waals surface area contributed by atoms with Crippen LogP contribution in [0.4, 0.5) is 5.69 Å². The third-order valence-corrected chi connectivity index (χ3v) is 5.64. The first kappa shape index (κ1) is 22.0. The number of thiophene rings is 1. The number of carbonyl (C=O) groups excluding carboxylic acids is 3. The number of ether oxygens (including phenoxy) is 1. The first-order valence-corrected chi connectivity index (χ1v) is 10.9. The molecule has 4 aromatic rings. The van der Waals surface area contributed by atoms with Crippen molar-refractivity contribution in [1.82, 2.24) is 15.1 Å². The number of nitrogens with zero attached hydrogens (tertiary/aromatic N) is 2. The normalized spacial score (nSPS) is 10.5. The van der Waals surface area contributed by atoms with Crippen LogP contribution in [0.15, 0.2) is 78.3 Å². The van der Waals surface area contributed by atoms with Gasteiger partial charge in [0, 0.05) is 17.4 Å². The Hall–Kier alpha value is -4.24. The molecule has 0 saturated carbocycles. The predicted octanol–water partition coefficient (Wildman–Crippen LogP) is 3.76. The minimum absolute atomic E-state index is 0.218. The van der Waals surface area contributed by atoms with Crippen LogP contribution < -0.4 is 10.6 Å². The van der Waals surface area contributed by atoms with Gasteiger partial charge in [0.25, 0.3) is 11.8 Å². The molecular weight excluding hydrogens is 440 g/mol. The number of aromatic nitrogens is 2. The summed E-state index contributed by atoms with van der Waals surface area (Å²) in [6.07, 6.45) is 1.70.